The van der Waals surface area contributed by atoms with Gasteiger partial charge in [0.2, 0.25) is 0 Å². The second-order valence-corrected chi connectivity index (χ2v) is 31.5. The van der Waals surface area contributed by atoms with Gasteiger partial charge < -0.3 is 52.1 Å². The van der Waals surface area contributed by atoms with Crippen LogP contribution in [0.25, 0.3) is 0 Å². The molecule has 0 amide bonds. The molecule has 8 aromatic carbocycles. The molecule has 554 valence electrons. The van der Waals surface area contributed by atoms with Crippen molar-refractivity contribution >= 4 is 5.97 Å². The molecule has 0 bridgehead atoms. The lowest BCUT2D eigenvalue weighted by Gasteiger charge is -2.68. The fraction of sp³-hybridized carbons (Fsp3) is 0.473. The molecule has 0 aromatic heterocycles. The quantitative estimate of drug-likeness (QED) is 0.0374. The number of fused-ring (bicyclic) bond motifs is 5. The smallest absolute Gasteiger partial charge is 0.305 e. The normalized spacial score (nSPS) is 31.0. The highest BCUT2D eigenvalue weighted by molar-refractivity contribution is 5.69. The average molecular weight is 1420 g/mol. The molecule has 1 unspecified atom stereocenters. The van der Waals surface area contributed by atoms with Gasteiger partial charge in [0, 0.05) is 6.42 Å². The van der Waals surface area contributed by atoms with Crippen LogP contribution in [0.5, 0.6) is 0 Å². The molecule has 105 heavy (non-hydrogen) atoms. The number of carbonyl (C=O) groups is 1. The molecule has 20 atom stereocenters. The van der Waals surface area contributed by atoms with Crippen molar-refractivity contribution in [2.24, 2.45) is 58.2 Å². The summed E-state index contributed by atoms with van der Waals surface area (Å²) in [5.74, 6) is 1.13. The SMILES string of the molecule is COC(=O)CC[C@@H](C)[C@H]1CC[C@H]2[C@@H]3[C@@H](C4O[C@H](COCc5ccccc5)[C@@H](OCc5ccccc5)[C@H](OCc5ccccc5)[C@H]4OCc4ccccc4)C[C@H]4CCCC[C@]4(C)[C@H]3C[C@@H]([C@@H]3O[C@H](COCc4ccccc4)[C@@H](OCc4ccccc4)[C@H](OCc4ccccc4)[C@H]3OCc3ccccc3)[C@]12C. The van der Waals surface area contributed by atoms with Crippen molar-refractivity contribution in [1.29, 1.82) is 0 Å². The predicted octanol–water partition coefficient (Wildman–Crippen LogP) is 18.6. The molecule has 0 spiro atoms. The number of methoxy groups -OCH3 is 1. The van der Waals surface area contributed by atoms with Crippen LogP contribution in [0, 0.1) is 58.2 Å². The summed E-state index contributed by atoms with van der Waals surface area (Å²) in [6, 6.07) is 84.0. The Labute approximate surface area is 624 Å². The third-order valence-electron chi connectivity index (χ3n) is 25.3. The highest BCUT2D eigenvalue weighted by Gasteiger charge is 2.70. The summed E-state index contributed by atoms with van der Waals surface area (Å²) >= 11 is 0. The van der Waals surface area contributed by atoms with E-state index in [1.54, 1.807) is 0 Å². The molecule has 12 nitrogen and oxygen atoms in total. The zero-order chi connectivity index (χ0) is 71.8. The van der Waals surface area contributed by atoms with Crippen molar-refractivity contribution in [2.75, 3.05) is 20.3 Å². The Morgan fingerprint density at radius 1 is 0.410 bits per heavy atom. The highest BCUT2D eigenvalue weighted by Crippen LogP contribution is 2.73. The van der Waals surface area contributed by atoms with E-state index in [4.69, 9.17) is 52.1 Å². The van der Waals surface area contributed by atoms with Crippen LogP contribution in [-0.2, 0) is 110 Å². The largest absolute Gasteiger partial charge is 0.469 e. The molecule has 2 heterocycles. The number of ether oxygens (including phenoxy) is 11. The Morgan fingerprint density at radius 3 is 1.17 bits per heavy atom. The monoisotopic (exact) mass is 1420 g/mol. The molecule has 2 saturated heterocycles. The second kappa shape index (κ2) is 36.2. The van der Waals surface area contributed by atoms with Gasteiger partial charge in [0.15, 0.2) is 0 Å². The molecule has 0 radical (unpaired) electrons. The maximum Gasteiger partial charge on any atom is 0.305 e. The fourth-order valence-electron chi connectivity index (χ4n) is 20.2. The van der Waals surface area contributed by atoms with E-state index in [0.717, 1.165) is 83.0 Å². The summed E-state index contributed by atoms with van der Waals surface area (Å²) < 4.78 is 81.3. The number of rotatable bonds is 32. The molecule has 4 saturated carbocycles. The minimum absolute atomic E-state index is 0.0246. The Kier molecular flexibility index (Phi) is 25.7. The van der Waals surface area contributed by atoms with Gasteiger partial charge in [0.05, 0.1) is 85.4 Å². The van der Waals surface area contributed by atoms with E-state index in [1.807, 2.05) is 12.1 Å². The first kappa shape index (κ1) is 74.7. The molecule has 8 aromatic rings. The zero-order valence-electron chi connectivity index (χ0n) is 62.0. The number of carbonyl (C=O) groups excluding carboxylic acids is 1. The minimum atomic E-state index is -0.599. The van der Waals surface area contributed by atoms with Gasteiger partial charge >= 0.3 is 5.97 Å². The van der Waals surface area contributed by atoms with Gasteiger partial charge in [-0.2, -0.15) is 0 Å². The van der Waals surface area contributed by atoms with Crippen LogP contribution in [0.2, 0.25) is 0 Å². The zero-order valence-corrected chi connectivity index (χ0v) is 62.0. The minimum Gasteiger partial charge on any atom is -0.469 e. The van der Waals surface area contributed by atoms with Crippen LogP contribution in [-0.4, -0.2) is 87.3 Å². The Balaban J connectivity index is 0.918. The van der Waals surface area contributed by atoms with E-state index >= 15 is 0 Å². The summed E-state index contributed by atoms with van der Waals surface area (Å²) in [4.78, 5) is 13.5. The van der Waals surface area contributed by atoms with Gasteiger partial charge in [-0.1, -0.05) is 276 Å². The summed E-state index contributed by atoms with van der Waals surface area (Å²) in [5.41, 5.74) is 8.19. The standard InChI is InChI=1S/C93H110O12/c1-65(48-51-82(94)95-4)76-49-50-77-83-75(84-88(100-59-70-39-21-9-22-40-70)90(102-61-72-43-25-11-26-44-72)86(98-57-68-35-17-7-18-36-68)80(104-84)63-96-55-66-31-13-5-14-32-66)53-74-47-29-30-52-92(74,2)78(83)54-79(93(76,77)3)85-89(101-60-71-41-23-10-24-42-71)91(103-62-73-45-27-12-28-46-73)87(99-58-69-37-19-8-20-38-69)81(105-85)64-97-56-67-33-15-6-16-34-67/h5-28,31-46,65,74-81,83-91H,29-30,47-64H2,1-4H3/t65-,74-,75+,76-,77+,78+,79+,80-,81-,83+,84?,85+,86-,87-,88+,89+,90+,91+,92+,93-/m1/s1. The predicted molar refractivity (Wildman–Crippen MR) is 408 cm³/mol. The van der Waals surface area contributed by atoms with Gasteiger partial charge in [-0.05, 0) is 148 Å². The summed E-state index contributed by atoms with van der Waals surface area (Å²) in [6.45, 7) is 11.2. The molecule has 0 N–H and O–H groups in total. The van der Waals surface area contributed by atoms with Crippen molar-refractivity contribution in [3.8, 4) is 0 Å². The first-order valence-electron chi connectivity index (χ1n) is 39.2. The lowest BCUT2D eigenvalue weighted by molar-refractivity contribution is -0.312. The van der Waals surface area contributed by atoms with E-state index in [-0.39, 0.29) is 71.4 Å². The number of hydrogen-bond donors (Lipinski definition) is 0. The molecule has 12 heteroatoms. The lowest BCUT2D eigenvalue weighted by atomic mass is 9.39. The van der Waals surface area contributed by atoms with Gasteiger partial charge in [-0.15, -0.1) is 0 Å². The van der Waals surface area contributed by atoms with Gasteiger partial charge in [0.1, 0.15) is 48.8 Å². The van der Waals surface area contributed by atoms with Crippen LogP contribution in [0.15, 0.2) is 243 Å². The van der Waals surface area contributed by atoms with E-state index < -0.39 is 61.0 Å². The van der Waals surface area contributed by atoms with Crippen molar-refractivity contribution in [2.45, 2.75) is 199 Å². The lowest BCUT2D eigenvalue weighted by Crippen LogP contribution is -2.69. The first-order chi connectivity index (χ1) is 51.6. The summed E-state index contributed by atoms with van der Waals surface area (Å²) in [5, 5.41) is 0. The van der Waals surface area contributed by atoms with Crippen LogP contribution in [0.3, 0.4) is 0 Å². The fourth-order valence-corrected chi connectivity index (χ4v) is 20.2. The van der Waals surface area contributed by atoms with Crippen molar-refractivity contribution < 1.29 is 56.9 Å². The molecule has 4 aliphatic carbocycles. The van der Waals surface area contributed by atoms with Gasteiger partial charge in [-0.3, -0.25) is 4.79 Å². The van der Waals surface area contributed by atoms with Gasteiger partial charge in [0.25, 0.3) is 0 Å². The first-order valence-corrected chi connectivity index (χ1v) is 39.2. The van der Waals surface area contributed by atoms with Crippen LogP contribution < -0.4 is 0 Å². The van der Waals surface area contributed by atoms with E-state index in [9.17, 15) is 4.79 Å². The Bertz CT molecular complexity index is 3860. The van der Waals surface area contributed by atoms with Crippen molar-refractivity contribution in [3.63, 3.8) is 0 Å². The van der Waals surface area contributed by atoms with Crippen molar-refractivity contribution in [1.82, 2.24) is 0 Å². The second-order valence-electron chi connectivity index (χ2n) is 31.5. The number of esters is 1. The Hall–Kier alpha value is -7.17. The topological polar surface area (TPSA) is 119 Å². The van der Waals surface area contributed by atoms with Gasteiger partial charge in [-0.25, -0.2) is 0 Å². The van der Waals surface area contributed by atoms with Crippen LogP contribution >= 0.6 is 0 Å². The highest BCUT2D eigenvalue weighted by atomic mass is 16.6. The molecular weight excluding hydrogens is 1310 g/mol. The maximum atomic E-state index is 13.5. The third-order valence-corrected chi connectivity index (χ3v) is 25.3. The number of hydrogen-bond acceptors (Lipinski definition) is 12. The van der Waals surface area contributed by atoms with E-state index in [1.165, 1.54) is 20.0 Å². The molecule has 6 aliphatic rings. The molecule has 6 fully saturated rings. The molecule has 2 aliphatic heterocycles. The summed E-state index contributed by atoms with van der Waals surface area (Å²) in [7, 11) is 1.52. The molecular formula is C93H110O12. The number of benzene rings is 8. The van der Waals surface area contributed by atoms with Crippen LogP contribution in [0.4, 0.5) is 0 Å². The maximum absolute atomic E-state index is 13.5. The van der Waals surface area contributed by atoms with E-state index in [0.29, 0.717) is 71.6 Å². The Morgan fingerprint density at radius 2 is 0.771 bits per heavy atom. The average Bonchev–Trinajstić information content (AvgIpc) is 1.67. The molecule has 14 rings (SSSR count). The summed E-state index contributed by atoms with van der Waals surface area (Å²) in [6.07, 6.45) is 4.07. The van der Waals surface area contributed by atoms with E-state index in [2.05, 4.69) is 251 Å². The van der Waals surface area contributed by atoms with Crippen LogP contribution in [0.1, 0.15) is 129 Å². The third kappa shape index (κ3) is 17.9. The van der Waals surface area contributed by atoms with Crippen molar-refractivity contribution in [3.05, 3.63) is 287 Å².